The third-order valence-corrected chi connectivity index (χ3v) is 5.17. The van der Waals surface area contributed by atoms with Crippen molar-refractivity contribution < 1.29 is 9.18 Å². The number of carbonyl (C=O) groups is 1. The zero-order valence-electron chi connectivity index (χ0n) is 14.3. The summed E-state index contributed by atoms with van der Waals surface area (Å²) < 4.78 is 14.5. The Morgan fingerprint density at radius 3 is 2.96 bits per heavy atom. The molecule has 2 aliphatic heterocycles. The van der Waals surface area contributed by atoms with Crippen molar-refractivity contribution in [2.75, 3.05) is 29.4 Å². The molecule has 1 saturated heterocycles. The second-order valence-corrected chi connectivity index (χ2v) is 6.61. The fourth-order valence-electron chi connectivity index (χ4n) is 3.80. The predicted molar refractivity (Wildman–Crippen MR) is 94.2 cm³/mol. The summed E-state index contributed by atoms with van der Waals surface area (Å²) in [5.74, 6) is -0.0168. The Morgan fingerprint density at radius 1 is 1.28 bits per heavy atom. The average molecular weight is 340 g/mol. The first-order chi connectivity index (χ1) is 12.2. The molecule has 1 unspecified atom stereocenters. The molecule has 25 heavy (non-hydrogen) atoms. The topological polar surface area (TPSA) is 49.3 Å². The molecule has 2 aliphatic rings. The van der Waals surface area contributed by atoms with Crippen LogP contribution in [-0.4, -0.2) is 35.5 Å². The van der Waals surface area contributed by atoms with Gasteiger partial charge in [-0.2, -0.15) is 0 Å². The monoisotopic (exact) mass is 340 g/mol. The van der Waals surface area contributed by atoms with E-state index in [2.05, 4.69) is 16.0 Å². The van der Waals surface area contributed by atoms with E-state index >= 15 is 0 Å². The Morgan fingerprint density at radius 2 is 2.12 bits per heavy atom. The lowest BCUT2D eigenvalue weighted by atomic mass is 10.1. The van der Waals surface area contributed by atoms with E-state index < -0.39 is 0 Å². The van der Waals surface area contributed by atoms with E-state index in [0.717, 1.165) is 25.1 Å². The zero-order valence-corrected chi connectivity index (χ0v) is 14.3. The highest BCUT2D eigenvalue weighted by atomic mass is 19.1. The molecular formula is C19H21FN4O. The molecule has 1 aromatic carbocycles. The lowest BCUT2D eigenvalue weighted by Gasteiger charge is -2.22. The second-order valence-electron chi connectivity index (χ2n) is 6.61. The lowest BCUT2D eigenvalue weighted by Crippen LogP contribution is -2.36. The summed E-state index contributed by atoms with van der Waals surface area (Å²) in [6.45, 7) is 3.75. The van der Waals surface area contributed by atoms with Crippen LogP contribution in [0.1, 0.15) is 24.6 Å². The van der Waals surface area contributed by atoms with Gasteiger partial charge in [-0.25, -0.2) is 14.4 Å². The van der Waals surface area contributed by atoms with E-state index in [-0.39, 0.29) is 17.6 Å². The molecule has 6 heteroatoms. The van der Waals surface area contributed by atoms with Crippen molar-refractivity contribution in [3.63, 3.8) is 0 Å². The highest BCUT2D eigenvalue weighted by Crippen LogP contribution is 2.32. The van der Waals surface area contributed by atoms with Crippen LogP contribution in [0.5, 0.6) is 0 Å². The van der Waals surface area contributed by atoms with Crippen molar-refractivity contribution in [2.45, 2.75) is 26.2 Å². The van der Waals surface area contributed by atoms with Gasteiger partial charge in [0.25, 0.3) is 0 Å². The van der Waals surface area contributed by atoms with Crippen molar-refractivity contribution in [3.05, 3.63) is 47.7 Å². The van der Waals surface area contributed by atoms with Crippen LogP contribution >= 0.6 is 0 Å². The van der Waals surface area contributed by atoms with Gasteiger partial charge in [-0.15, -0.1) is 0 Å². The normalized spacial score (nSPS) is 19.4. The van der Waals surface area contributed by atoms with Gasteiger partial charge in [-0.3, -0.25) is 4.79 Å². The first kappa shape index (κ1) is 16.0. The highest BCUT2D eigenvalue weighted by molar-refractivity contribution is 5.97. The van der Waals surface area contributed by atoms with E-state index in [1.807, 2.05) is 34.9 Å². The molecule has 1 aromatic heterocycles. The summed E-state index contributed by atoms with van der Waals surface area (Å²) in [6, 6.07) is 8.05. The number of fused-ring (bicyclic) bond motifs is 1. The maximum Gasteiger partial charge on any atom is 0.231 e. The Kier molecular flexibility index (Phi) is 4.11. The van der Waals surface area contributed by atoms with Gasteiger partial charge in [0.05, 0.1) is 11.6 Å². The molecule has 3 heterocycles. The molecular weight excluding hydrogens is 319 g/mol. The number of para-hydroxylation sites is 1. The number of rotatable bonds is 3. The third-order valence-electron chi connectivity index (χ3n) is 5.17. The van der Waals surface area contributed by atoms with Gasteiger partial charge < -0.3 is 9.80 Å². The SMILES string of the molecule is CCc1ncnc(N2CCC(C(=O)N3CCc4ccccc43)C2)c1F. The Labute approximate surface area is 146 Å². The summed E-state index contributed by atoms with van der Waals surface area (Å²) in [6.07, 6.45) is 3.56. The van der Waals surface area contributed by atoms with Crippen LogP contribution in [0.2, 0.25) is 0 Å². The largest absolute Gasteiger partial charge is 0.353 e. The molecule has 0 saturated carbocycles. The number of hydrogen-bond donors (Lipinski definition) is 0. The van der Waals surface area contributed by atoms with Gasteiger partial charge in [0.15, 0.2) is 11.6 Å². The molecule has 0 N–H and O–H groups in total. The minimum Gasteiger partial charge on any atom is -0.353 e. The van der Waals surface area contributed by atoms with E-state index in [1.54, 1.807) is 0 Å². The maximum atomic E-state index is 14.5. The number of hydrogen-bond acceptors (Lipinski definition) is 4. The van der Waals surface area contributed by atoms with E-state index in [9.17, 15) is 9.18 Å². The quantitative estimate of drug-likeness (QED) is 0.862. The molecule has 130 valence electrons. The Hall–Kier alpha value is -2.50. The van der Waals surface area contributed by atoms with Crippen molar-refractivity contribution in [3.8, 4) is 0 Å². The maximum absolute atomic E-state index is 14.5. The van der Waals surface area contributed by atoms with Gasteiger partial charge in [-0.05, 0) is 30.9 Å². The minimum atomic E-state index is -0.357. The number of anilines is 2. The number of nitrogens with zero attached hydrogens (tertiary/aromatic N) is 4. The van der Waals surface area contributed by atoms with Crippen molar-refractivity contribution >= 4 is 17.4 Å². The first-order valence-electron chi connectivity index (χ1n) is 8.82. The van der Waals surface area contributed by atoms with Crippen LogP contribution in [-0.2, 0) is 17.6 Å². The standard InChI is InChI=1S/C19H21FN4O/c1-2-15-17(20)18(22-12-21-15)23-9-7-14(11-23)19(25)24-10-8-13-5-3-4-6-16(13)24/h3-6,12,14H,2,7-11H2,1H3. The molecule has 0 bridgehead atoms. The van der Waals surface area contributed by atoms with E-state index in [4.69, 9.17) is 0 Å². The molecule has 1 fully saturated rings. The van der Waals surface area contributed by atoms with Gasteiger partial charge in [0, 0.05) is 25.3 Å². The first-order valence-corrected chi connectivity index (χ1v) is 8.82. The smallest absolute Gasteiger partial charge is 0.231 e. The van der Waals surface area contributed by atoms with Gasteiger partial charge >= 0.3 is 0 Å². The molecule has 5 nitrogen and oxygen atoms in total. The number of carbonyl (C=O) groups excluding carboxylic acids is 1. The fourth-order valence-corrected chi connectivity index (χ4v) is 3.80. The predicted octanol–water partition coefficient (Wildman–Crippen LogP) is 2.59. The molecule has 0 spiro atoms. The number of amides is 1. The summed E-state index contributed by atoms with van der Waals surface area (Å²) in [4.78, 5) is 24.8. The average Bonchev–Trinajstić information content (AvgIpc) is 3.29. The van der Waals surface area contributed by atoms with Crippen LogP contribution in [0.15, 0.2) is 30.6 Å². The summed E-state index contributed by atoms with van der Waals surface area (Å²) in [7, 11) is 0. The molecule has 1 amide bonds. The molecule has 2 aromatic rings. The Balaban J connectivity index is 1.51. The molecule has 0 aliphatic carbocycles. The zero-order chi connectivity index (χ0) is 17.4. The van der Waals surface area contributed by atoms with E-state index in [1.165, 1.54) is 11.9 Å². The second kappa shape index (κ2) is 6.43. The number of aryl methyl sites for hydroxylation is 1. The molecule has 4 rings (SSSR count). The number of benzene rings is 1. The van der Waals surface area contributed by atoms with Gasteiger partial charge in [0.1, 0.15) is 6.33 Å². The van der Waals surface area contributed by atoms with Gasteiger partial charge in [-0.1, -0.05) is 25.1 Å². The Bertz CT molecular complexity index is 810. The van der Waals surface area contributed by atoms with Crippen LogP contribution in [0.25, 0.3) is 0 Å². The van der Waals surface area contributed by atoms with Crippen LogP contribution < -0.4 is 9.80 Å². The van der Waals surface area contributed by atoms with Crippen molar-refractivity contribution in [1.29, 1.82) is 0 Å². The fraction of sp³-hybridized carbons (Fsp3) is 0.421. The van der Waals surface area contributed by atoms with Gasteiger partial charge in [0.2, 0.25) is 5.91 Å². The summed E-state index contributed by atoms with van der Waals surface area (Å²) in [5.41, 5.74) is 2.67. The highest BCUT2D eigenvalue weighted by Gasteiger charge is 2.35. The van der Waals surface area contributed by atoms with E-state index in [0.29, 0.717) is 31.0 Å². The lowest BCUT2D eigenvalue weighted by molar-refractivity contribution is -0.121. The molecule has 1 atom stereocenters. The van der Waals surface area contributed by atoms with Crippen molar-refractivity contribution in [1.82, 2.24) is 9.97 Å². The van der Waals surface area contributed by atoms with Crippen LogP contribution in [0, 0.1) is 11.7 Å². The molecule has 0 radical (unpaired) electrons. The number of aromatic nitrogens is 2. The minimum absolute atomic E-state index is 0.120. The summed E-state index contributed by atoms with van der Waals surface area (Å²) in [5, 5.41) is 0. The third kappa shape index (κ3) is 2.75. The van der Waals surface area contributed by atoms with Crippen molar-refractivity contribution in [2.24, 2.45) is 5.92 Å². The number of halogens is 1. The van der Waals surface area contributed by atoms with Crippen LogP contribution in [0.3, 0.4) is 0 Å². The summed E-state index contributed by atoms with van der Waals surface area (Å²) >= 11 is 0. The van der Waals surface area contributed by atoms with Crippen LogP contribution in [0.4, 0.5) is 15.9 Å².